The average Bonchev–Trinajstić information content (AvgIpc) is 2.21. The van der Waals surface area contributed by atoms with E-state index >= 15 is 0 Å². The van der Waals surface area contributed by atoms with E-state index in [1.807, 2.05) is 5.32 Å². The van der Waals surface area contributed by atoms with Crippen LogP contribution >= 0.6 is 0 Å². The fraction of sp³-hybridized carbons (Fsp3) is 0.900. The Hall–Kier alpha value is -0.770. The third kappa shape index (κ3) is 2.87. The Morgan fingerprint density at radius 1 is 1.64 bits per heavy atom. The van der Waals surface area contributed by atoms with E-state index in [2.05, 4.69) is 0 Å². The minimum absolute atomic E-state index is 0.886. The molecule has 0 aromatic carbocycles. The number of nitrogens with one attached hydrogen (secondary N) is 1. The van der Waals surface area contributed by atoms with Gasteiger partial charge in [0, 0.05) is 8.22 Å². The van der Waals surface area contributed by atoms with E-state index in [-0.39, 0.29) is 0 Å². The number of ether oxygens (including phenoxy) is 1. The van der Waals surface area contributed by atoms with Gasteiger partial charge in [-0.15, -0.1) is 0 Å². The van der Waals surface area contributed by atoms with Crippen LogP contribution in [0.3, 0.4) is 0 Å². The van der Waals surface area contributed by atoms with Crippen LogP contribution in [0.25, 0.3) is 0 Å². The molecule has 0 aromatic rings. The van der Waals surface area contributed by atoms with E-state index in [0.29, 0.717) is 0 Å². The van der Waals surface area contributed by atoms with Gasteiger partial charge in [0.05, 0.1) is 12.1 Å². The predicted octanol–water partition coefficient (Wildman–Crippen LogP) is 1.43. The van der Waals surface area contributed by atoms with Crippen molar-refractivity contribution >= 4 is 6.09 Å². The van der Waals surface area contributed by atoms with E-state index in [0.717, 1.165) is 0 Å². The highest BCUT2D eigenvalue weighted by atomic mass is 16.6. The first-order valence-electron chi connectivity index (χ1n) is 7.28. The second kappa shape index (κ2) is 3.77. The molecule has 2 N–H and O–H groups in total. The zero-order valence-electron chi connectivity index (χ0n) is 14.5. The Balaban J connectivity index is 3.09. The first kappa shape index (κ1) is 5.35. The molecule has 1 rings (SSSR count). The summed E-state index contributed by atoms with van der Waals surface area (Å²) in [6.07, 6.45) is -9.53. The van der Waals surface area contributed by atoms with Gasteiger partial charge < -0.3 is 15.2 Å². The molecule has 4 heteroatoms. The number of carbonyl (C=O) groups is 1. The van der Waals surface area contributed by atoms with E-state index in [4.69, 9.17) is 13.0 Å². The SMILES string of the molecule is [2H]C1([2H])C([2H])([2H])C(CO)(NC(=O)OC(C)(C)C)C1([2H])[2H]. The van der Waals surface area contributed by atoms with Crippen molar-refractivity contribution in [3.8, 4) is 0 Å². The van der Waals surface area contributed by atoms with E-state index < -0.39 is 43.0 Å². The summed E-state index contributed by atoms with van der Waals surface area (Å²) in [6.45, 7) is 3.62. The number of rotatable bonds is 2. The first-order valence-corrected chi connectivity index (χ1v) is 4.28. The quantitative estimate of drug-likeness (QED) is 0.720. The molecule has 4 nitrogen and oxygen atoms in total. The summed E-state index contributed by atoms with van der Waals surface area (Å²) in [4.78, 5) is 11.7. The molecule has 1 saturated carbocycles. The van der Waals surface area contributed by atoms with Crippen molar-refractivity contribution in [3.05, 3.63) is 0 Å². The van der Waals surface area contributed by atoms with Crippen LogP contribution in [-0.2, 0) is 4.74 Å². The Labute approximate surface area is 93.1 Å². The van der Waals surface area contributed by atoms with Gasteiger partial charge in [-0.1, -0.05) is 0 Å². The van der Waals surface area contributed by atoms with Gasteiger partial charge in [-0.3, -0.25) is 0 Å². The maximum atomic E-state index is 11.7. The fourth-order valence-corrected chi connectivity index (χ4v) is 0.872. The van der Waals surface area contributed by atoms with Crippen LogP contribution in [0.4, 0.5) is 4.79 Å². The zero-order chi connectivity index (χ0) is 16.2. The third-order valence-electron chi connectivity index (χ3n) is 1.50. The van der Waals surface area contributed by atoms with Gasteiger partial charge in [-0.05, 0) is 39.9 Å². The summed E-state index contributed by atoms with van der Waals surface area (Å²) in [5.74, 6) is 0. The minimum Gasteiger partial charge on any atom is -0.444 e. The Bertz CT molecular complexity index is 400. The number of hydrogen-bond donors (Lipinski definition) is 2. The van der Waals surface area contributed by atoms with Crippen molar-refractivity contribution in [3.63, 3.8) is 0 Å². The molecule has 0 atom stereocenters. The maximum absolute atomic E-state index is 11.7. The molecule has 0 spiro atoms. The lowest BCUT2D eigenvalue weighted by Crippen LogP contribution is -2.57. The summed E-state index contributed by atoms with van der Waals surface area (Å²) in [5, 5.41) is 11.3. The lowest BCUT2D eigenvalue weighted by atomic mass is 9.77. The van der Waals surface area contributed by atoms with Crippen LogP contribution in [0.2, 0.25) is 0 Å². The van der Waals surface area contributed by atoms with E-state index in [1.54, 1.807) is 20.8 Å². The van der Waals surface area contributed by atoms with Gasteiger partial charge >= 0.3 is 6.09 Å². The molecule has 14 heavy (non-hydrogen) atoms. The molecule has 0 heterocycles. The molecule has 1 aliphatic carbocycles. The molecule has 0 aromatic heterocycles. The summed E-state index contributed by atoms with van der Waals surface area (Å²) < 4.78 is 50.6. The Kier molecular flexibility index (Phi) is 1.44. The lowest BCUT2D eigenvalue weighted by molar-refractivity contribution is 0.0264. The molecule has 0 bridgehead atoms. The average molecular weight is 207 g/mol. The number of amides is 1. The van der Waals surface area contributed by atoms with Crippen LogP contribution in [0.1, 0.15) is 48.1 Å². The number of carbonyl (C=O) groups excluding carboxylic acids is 1. The van der Waals surface area contributed by atoms with Crippen LogP contribution < -0.4 is 5.32 Å². The smallest absolute Gasteiger partial charge is 0.408 e. The zero-order valence-corrected chi connectivity index (χ0v) is 8.47. The molecule has 1 aliphatic rings. The molecule has 1 amide bonds. The van der Waals surface area contributed by atoms with E-state index in [9.17, 15) is 9.90 Å². The van der Waals surface area contributed by atoms with Gasteiger partial charge in [-0.25, -0.2) is 4.79 Å². The van der Waals surface area contributed by atoms with Crippen LogP contribution in [-0.4, -0.2) is 28.9 Å². The normalized spacial score (nSPS) is 36.9. The van der Waals surface area contributed by atoms with Gasteiger partial charge in [-0.2, -0.15) is 0 Å². The van der Waals surface area contributed by atoms with Crippen molar-refractivity contribution in [1.82, 2.24) is 5.32 Å². The third-order valence-corrected chi connectivity index (χ3v) is 1.50. The molecule has 1 fully saturated rings. The highest BCUT2D eigenvalue weighted by molar-refractivity contribution is 5.69. The largest absolute Gasteiger partial charge is 0.444 e. The predicted molar refractivity (Wildman–Crippen MR) is 53.0 cm³/mol. The molecular formula is C10H19NO3. The number of alkyl carbamates (subject to hydrolysis) is 1. The highest BCUT2D eigenvalue weighted by Crippen LogP contribution is 2.31. The molecule has 82 valence electrons. The molecular weight excluding hydrogens is 182 g/mol. The summed E-state index contributed by atoms with van der Waals surface area (Å²) in [5.41, 5.74) is -3.28. The standard InChI is InChI=1S/C10H19NO3/c1-9(2,3)14-8(13)11-10(7-12)5-4-6-10/h12H,4-7H2,1-3H3,(H,11,13)/i4D2,5D2,6D2. The van der Waals surface area contributed by atoms with Gasteiger partial charge in [0.25, 0.3) is 0 Å². The topological polar surface area (TPSA) is 58.6 Å². The number of aliphatic hydroxyl groups excluding tert-OH is 1. The Morgan fingerprint density at radius 3 is 2.64 bits per heavy atom. The Morgan fingerprint density at radius 2 is 2.21 bits per heavy atom. The molecule has 0 saturated heterocycles. The first-order chi connectivity index (χ1) is 8.66. The van der Waals surface area contributed by atoms with Crippen molar-refractivity contribution in [2.45, 2.75) is 51.0 Å². The maximum Gasteiger partial charge on any atom is 0.408 e. The molecule has 0 unspecified atom stereocenters. The van der Waals surface area contributed by atoms with Crippen molar-refractivity contribution in [2.75, 3.05) is 6.61 Å². The summed E-state index contributed by atoms with van der Waals surface area (Å²) in [6, 6.07) is 0. The van der Waals surface area contributed by atoms with Gasteiger partial charge in [0.15, 0.2) is 0 Å². The summed E-state index contributed by atoms with van der Waals surface area (Å²) in [7, 11) is 0. The van der Waals surface area contributed by atoms with Crippen LogP contribution in [0.15, 0.2) is 0 Å². The summed E-state index contributed by atoms with van der Waals surface area (Å²) >= 11 is 0. The minimum atomic E-state index is -2.85. The van der Waals surface area contributed by atoms with Crippen LogP contribution in [0, 0.1) is 0 Å². The van der Waals surface area contributed by atoms with Gasteiger partial charge in [0.1, 0.15) is 5.60 Å². The number of aliphatic hydroxyl groups is 1. The monoisotopic (exact) mass is 207 g/mol. The van der Waals surface area contributed by atoms with E-state index in [1.165, 1.54) is 0 Å². The second-order valence-corrected chi connectivity index (χ2v) is 4.07. The highest BCUT2D eigenvalue weighted by Gasteiger charge is 2.38. The van der Waals surface area contributed by atoms with Crippen LogP contribution in [0.5, 0.6) is 0 Å². The molecule has 0 radical (unpaired) electrons. The lowest BCUT2D eigenvalue weighted by Gasteiger charge is -2.41. The number of hydrogen-bond acceptors (Lipinski definition) is 3. The molecule has 0 aliphatic heterocycles. The van der Waals surface area contributed by atoms with Crippen molar-refractivity contribution < 1.29 is 22.9 Å². The fourth-order valence-electron chi connectivity index (χ4n) is 0.872. The second-order valence-electron chi connectivity index (χ2n) is 4.07. The van der Waals surface area contributed by atoms with Crippen molar-refractivity contribution in [1.29, 1.82) is 0 Å². The van der Waals surface area contributed by atoms with Gasteiger partial charge in [0.2, 0.25) is 0 Å². The van der Waals surface area contributed by atoms with Crippen molar-refractivity contribution in [2.24, 2.45) is 0 Å².